The van der Waals surface area contributed by atoms with Crippen LogP contribution in [0.4, 0.5) is 28.9 Å². The number of halogens is 4. The molecule has 3 heterocycles. The van der Waals surface area contributed by atoms with Gasteiger partial charge in [-0.05, 0) is 81.8 Å². The summed E-state index contributed by atoms with van der Waals surface area (Å²) in [6.07, 6.45) is -3.68. The Morgan fingerprint density at radius 2 is 1.83 bits per heavy atom. The van der Waals surface area contributed by atoms with E-state index < -0.39 is 64.9 Å². The maximum absolute atomic E-state index is 15.7. The average molecular weight is 663 g/mol. The molecule has 2 fully saturated rings. The van der Waals surface area contributed by atoms with E-state index in [4.69, 9.17) is 4.74 Å². The quantitative estimate of drug-likeness (QED) is 0.187. The first-order chi connectivity index (χ1) is 22.6. The number of aromatic nitrogens is 2. The number of para-hydroxylation sites is 1. The molecule has 2 aromatic heterocycles. The normalized spacial score (nSPS) is 17.4. The van der Waals surface area contributed by atoms with E-state index in [0.717, 1.165) is 23.7 Å². The number of hydrogen-bond donors (Lipinski definition) is 2. The number of amides is 2. The van der Waals surface area contributed by atoms with Crippen LogP contribution in [-0.2, 0) is 20.5 Å². The lowest BCUT2D eigenvalue weighted by Crippen LogP contribution is -2.55. The highest BCUT2D eigenvalue weighted by atomic mass is 19.4. The van der Waals surface area contributed by atoms with Gasteiger partial charge in [0.15, 0.2) is 11.9 Å². The van der Waals surface area contributed by atoms with E-state index in [2.05, 4.69) is 15.3 Å². The Morgan fingerprint density at radius 1 is 1.10 bits per heavy atom. The SMILES string of the molecule is CC(C)(C)OC(=O)CNC(=O)c1ccc(N2C(c3cc4ccccc4[nH]3)N(c3cnc(C#N)c(C(F)(F)F)c3)C(=O)C23CCC3)cc1F. The molecule has 14 heteroatoms. The summed E-state index contributed by atoms with van der Waals surface area (Å²) in [6.45, 7) is 4.51. The van der Waals surface area contributed by atoms with E-state index >= 15 is 4.39 Å². The fraction of sp³-hybridized carbons (Fsp3) is 0.324. The summed E-state index contributed by atoms with van der Waals surface area (Å²) < 4.78 is 63.0. The number of pyridine rings is 1. The van der Waals surface area contributed by atoms with Gasteiger partial charge in [-0.15, -0.1) is 0 Å². The lowest BCUT2D eigenvalue weighted by Gasteiger charge is -2.45. The Balaban J connectivity index is 1.44. The number of fused-ring (bicyclic) bond motifs is 1. The second-order valence-corrected chi connectivity index (χ2v) is 12.7. The zero-order chi connectivity index (χ0) is 34.6. The summed E-state index contributed by atoms with van der Waals surface area (Å²) in [4.78, 5) is 49.2. The molecule has 1 saturated carbocycles. The van der Waals surface area contributed by atoms with Crippen molar-refractivity contribution >= 4 is 40.1 Å². The topological polar surface area (TPSA) is 131 Å². The average Bonchev–Trinajstić information content (AvgIpc) is 3.54. The van der Waals surface area contributed by atoms with Crippen LogP contribution in [0.25, 0.3) is 10.9 Å². The second kappa shape index (κ2) is 11.7. The molecule has 1 unspecified atom stereocenters. The van der Waals surface area contributed by atoms with Crippen molar-refractivity contribution in [2.24, 2.45) is 0 Å². The van der Waals surface area contributed by atoms with Crippen LogP contribution in [-0.4, -0.2) is 45.4 Å². The van der Waals surface area contributed by atoms with Gasteiger partial charge in [0, 0.05) is 11.2 Å². The number of ether oxygens (including phenoxy) is 1. The molecule has 0 bridgehead atoms. The maximum Gasteiger partial charge on any atom is 0.419 e. The predicted octanol–water partition coefficient (Wildman–Crippen LogP) is 6.14. The summed E-state index contributed by atoms with van der Waals surface area (Å²) in [6, 6.07) is 15.0. The van der Waals surface area contributed by atoms with Gasteiger partial charge in [-0.1, -0.05) is 18.2 Å². The number of esters is 1. The molecule has 48 heavy (non-hydrogen) atoms. The molecule has 10 nitrogen and oxygen atoms in total. The van der Waals surface area contributed by atoms with Crippen molar-refractivity contribution in [2.45, 2.75) is 63.5 Å². The van der Waals surface area contributed by atoms with Crippen molar-refractivity contribution in [1.29, 1.82) is 5.26 Å². The number of nitriles is 1. The highest BCUT2D eigenvalue weighted by Gasteiger charge is 2.62. The Hall–Kier alpha value is -5.45. The molecule has 2 amide bonds. The van der Waals surface area contributed by atoms with Gasteiger partial charge in [0.1, 0.15) is 29.6 Å². The zero-order valence-electron chi connectivity index (χ0n) is 26.1. The molecule has 1 saturated heterocycles. The first kappa shape index (κ1) is 32.5. The van der Waals surface area contributed by atoms with Crippen molar-refractivity contribution in [3.05, 3.63) is 89.1 Å². The Morgan fingerprint density at radius 3 is 2.44 bits per heavy atom. The van der Waals surface area contributed by atoms with Crippen LogP contribution in [0.2, 0.25) is 0 Å². The molecule has 0 radical (unpaired) electrons. The first-order valence-electron chi connectivity index (χ1n) is 15.1. The van der Waals surface area contributed by atoms with E-state index in [0.29, 0.717) is 30.5 Å². The van der Waals surface area contributed by atoms with Crippen LogP contribution in [0.1, 0.15) is 73.5 Å². The van der Waals surface area contributed by atoms with Gasteiger partial charge in [-0.25, -0.2) is 9.37 Å². The molecular formula is C34H30F4N6O4. The van der Waals surface area contributed by atoms with E-state index in [-0.39, 0.29) is 16.9 Å². The Bertz CT molecular complexity index is 1960. The standard InChI is InChI=1S/C34H30F4N6O4/c1-32(2,3)48-28(45)18-41-29(46)22-10-9-20(15-24(22)35)44-30(26-13-19-7-4-5-8-25(19)42-26)43(31(47)33(44)11-6-12-33)21-14-23(34(36,37)38)27(16-39)40-17-21/h4-5,7-10,13-15,17,30,42H,6,11-12,18H2,1-3H3,(H,41,46). The molecule has 6 rings (SSSR count). The molecule has 248 valence electrons. The van der Waals surface area contributed by atoms with Gasteiger partial charge in [-0.2, -0.15) is 18.4 Å². The number of aromatic amines is 1. The minimum Gasteiger partial charge on any atom is -0.459 e. The van der Waals surface area contributed by atoms with Gasteiger partial charge < -0.3 is 19.9 Å². The number of benzene rings is 2. The zero-order valence-corrected chi connectivity index (χ0v) is 26.1. The summed E-state index contributed by atoms with van der Waals surface area (Å²) in [5.41, 5.74) is -3.37. The molecule has 2 aliphatic rings. The van der Waals surface area contributed by atoms with E-state index in [1.165, 1.54) is 23.1 Å². The summed E-state index contributed by atoms with van der Waals surface area (Å²) in [5.74, 6) is -3.03. The lowest BCUT2D eigenvalue weighted by molar-refractivity contribution is -0.153. The third-order valence-electron chi connectivity index (χ3n) is 8.43. The van der Waals surface area contributed by atoms with Crippen molar-refractivity contribution in [3.8, 4) is 6.07 Å². The molecule has 2 N–H and O–H groups in total. The van der Waals surface area contributed by atoms with E-state index in [1.54, 1.807) is 43.9 Å². The molecule has 2 aromatic carbocycles. The fourth-order valence-corrected chi connectivity index (χ4v) is 6.27. The first-order valence-corrected chi connectivity index (χ1v) is 15.1. The van der Waals surface area contributed by atoms with Crippen LogP contribution in [0.5, 0.6) is 0 Å². The van der Waals surface area contributed by atoms with Gasteiger partial charge in [0.05, 0.1) is 28.7 Å². The highest BCUT2D eigenvalue weighted by Crippen LogP contribution is 2.54. The number of carbonyl (C=O) groups is 3. The number of hydrogen-bond acceptors (Lipinski definition) is 7. The molecule has 4 aromatic rings. The summed E-state index contributed by atoms with van der Waals surface area (Å²) in [5, 5.41) is 12.4. The number of rotatable bonds is 6. The minimum atomic E-state index is -4.93. The highest BCUT2D eigenvalue weighted by molar-refractivity contribution is 6.08. The van der Waals surface area contributed by atoms with Crippen LogP contribution >= 0.6 is 0 Å². The number of nitrogens with one attached hydrogen (secondary N) is 2. The van der Waals surface area contributed by atoms with Gasteiger partial charge >= 0.3 is 12.1 Å². The van der Waals surface area contributed by atoms with E-state index in [1.807, 2.05) is 12.1 Å². The smallest absolute Gasteiger partial charge is 0.419 e. The lowest BCUT2D eigenvalue weighted by atomic mass is 9.75. The monoisotopic (exact) mass is 662 g/mol. The number of alkyl halides is 3. The third-order valence-corrected chi connectivity index (χ3v) is 8.43. The molecule has 1 atom stereocenters. The van der Waals surface area contributed by atoms with Crippen LogP contribution in [0.15, 0.2) is 60.8 Å². The number of H-pyrrole nitrogens is 1. The van der Waals surface area contributed by atoms with Gasteiger partial charge in [0.25, 0.3) is 11.8 Å². The predicted molar refractivity (Wildman–Crippen MR) is 166 cm³/mol. The Labute approximate surface area is 272 Å². The van der Waals surface area contributed by atoms with Crippen LogP contribution < -0.4 is 15.1 Å². The molecule has 1 aliphatic carbocycles. The van der Waals surface area contributed by atoms with Gasteiger partial charge in [0.2, 0.25) is 0 Å². The van der Waals surface area contributed by atoms with Crippen LogP contribution in [0.3, 0.4) is 0 Å². The Kier molecular flexibility index (Phi) is 7.89. The van der Waals surface area contributed by atoms with Crippen LogP contribution in [0, 0.1) is 17.1 Å². The maximum atomic E-state index is 15.7. The summed E-state index contributed by atoms with van der Waals surface area (Å²) in [7, 11) is 0. The largest absolute Gasteiger partial charge is 0.459 e. The van der Waals surface area contributed by atoms with Crippen molar-refractivity contribution in [2.75, 3.05) is 16.3 Å². The van der Waals surface area contributed by atoms with E-state index in [9.17, 15) is 32.8 Å². The molecular weight excluding hydrogens is 632 g/mol. The number of anilines is 2. The minimum absolute atomic E-state index is 0.192. The second-order valence-electron chi connectivity index (χ2n) is 12.7. The van der Waals surface area contributed by atoms with Crippen molar-refractivity contribution < 1.29 is 36.7 Å². The fourth-order valence-electron chi connectivity index (χ4n) is 6.27. The number of nitrogens with zero attached hydrogens (tertiary/aromatic N) is 4. The van der Waals surface area contributed by atoms with Gasteiger partial charge in [-0.3, -0.25) is 19.3 Å². The number of carbonyl (C=O) groups excluding carboxylic acids is 3. The van der Waals surface area contributed by atoms with Crippen molar-refractivity contribution in [3.63, 3.8) is 0 Å². The molecule has 1 aliphatic heterocycles. The molecule has 1 spiro atoms. The van der Waals surface area contributed by atoms with Crippen molar-refractivity contribution in [1.82, 2.24) is 15.3 Å². The third kappa shape index (κ3) is 5.69. The summed E-state index contributed by atoms with van der Waals surface area (Å²) >= 11 is 0.